The number of aromatic nitrogens is 3. The van der Waals surface area contributed by atoms with E-state index in [1.165, 1.54) is 44.6 Å². The van der Waals surface area contributed by atoms with Crippen LogP contribution in [-0.4, -0.2) is 51.0 Å². The molecular formula is C17H25N5. The van der Waals surface area contributed by atoms with E-state index in [1.807, 2.05) is 12.3 Å². The molecule has 0 spiro atoms. The van der Waals surface area contributed by atoms with Crippen LogP contribution in [0.1, 0.15) is 50.6 Å². The molecule has 5 heteroatoms. The third-order valence-electron chi connectivity index (χ3n) is 5.33. The van der Waals surface area contributed by atoms with Gasteiger partial charge in [-0.2, -0.15) is 0 Å². The Labute approximate surface area is 131 Å². The Morgan fingerprint density at radius 2 is 2.09 bits per heavy atom. The second-order valence-electron chi connectivity index (χ2n) is 6.58. The lowest BCUT2D eigenvalue weighted by Gasteiger charge is -2.28. The Balaban J connectivity index is 1.86. The number of rotatable bonds is 3. The Morgan fingerprint density at radius 1 is 1.23 bits per heavy atom. The fraction of sp³-hybridized carbons (Fsp3) is 0.647. The molecule has 0 aliphatic carbocycles. The van der Waals surface area contributed by atoms with Gasteiger partial charge in [-0.05, 0) is 58.0 Å². The first kappa shape index (κ1) is 14.2. The Bertz CT molecular complexity index is 664. The molecule has 2 atom stereocenters. The first-order valence-electron chi connectivity index (χ1n) is 8.56. The molecule has 2 aliphatic rings. The Morgan fingerprint density at radius 3 is 2.86 bits per heavy atom. The van der Waals surface area contributed by atoms with Crippen molar-refractivity contribution in [1.29, 1.82) is 0 Å². The van der Waals surface area contributed by atoms with Crippen LogP contribution in [0.4, 0.5) is 0 Å². The number of pyridine rings is 1. The topological polar surface area (TPSA) is 37.2 Å². The molecule has 0 saturated carbocycles. The van der Waals surface area contributed by atoms with E-state index in [-0.39, 0.29) is 0 Å². The van der Waals surface area contributed by atoms with Gasteiger partial charge >= 0.3 is 0 Å². The molecule has 2 aromatic rings. The minimum absolute atomic E-state index is 0.425. The van der Waals surface area contributed by atoms with E-state index in [1.54, 1.807) is 0 Å². The number of nitrogens with zero attached hydrogens (tertiary/aromatic N) is 5. The molecule has 2 aromatic heterocycles. The molecule has 22 heavy (non-hydrogen) atoms. The van der Waals surface area contributed by atoms with Crippen molar-refractivity contribution >= 4 is 11.2 Å². The molecule has 2 aliphatic heterocycles. The highest BCUT2D eigenvalue weighted by Crippen LogP contribution is 2.37. The largest absolute Gasteiger partial charge is 0.297 e. The van der Waals surface area contributed by atoms with Gasteiger partial charge in [0.15, 0.2) is 5.65 Å². The predicted molar refractivity (Wildman–Crippen MR) is 87.7 cm³/mol. The second-order valence-corrected chi connectivity index (χ2v) is 6.58. The molecule has 2 saturated heterocycles. The SMILES string of the molecule is CCN1CCCC1n1c(C2CCCN2C)nc2cccnc21. The van der Waals surface area contributed by atoms with Gasteiger partial charge in [0.05, 0.1) is 12.2 Å². The van der Waals surface area contributed by atoms with E-state index in [9.17, 15) is 0 Å². The van der Waals surface area contributed by atoms with E-state index in [0.717, 1.165) is 17.7 Å². The molecule has 0 bridgehead atoms. The van der Waals surface area contributed by atoms with Crippen LogP contribution < -0.4 is 0 Å². The van der Waals surface area contributed by atoms with E-state index in [0.29, 0.717) is 12.2 Å². The molecule has 0 amide bonds. The van der Waals surface area contributed by atoms with Gasteiger partial charge < -0.3 is 0 Å². The summed E-state index contributed by atoms with van der Waals surface area (Å²) in [5.74, 6) is 1.22. The highest BCUT2D eigenvalue weighted by Gasteiger charge is 2.34. The number of imidazole rings is 1. The van der Waals surface area contributed by atoms with Crippen LogP contribution >= 0.6 is 0 Å². The average Bonchev–Trinajstić information content (AvgIpc) is 3.22. The van der Waals surface area contributed by atoms with Crippen molar-refractivity contribution in [1.82, 2.24) is 24.3 Å². The first-order chi connectivity index (χ1) is 10.8. The maximum atomic E-state index is 4.99. The summed E-state index contributed by atoms with van der Waals surface area (Å²) in [6, 6.07) is 4.53. The van der Waals surface area contributed by atoms with Gasteiger partial charge in [0.1, 0.15) is 11.3 Å². The van der Waals surface area contributed by atoms with Crippen LogP contribution in [0.25, 0.3) is 11.2 Å². The van der Waals surface area contributed by atoms with Crippen molar-refractivity contribution in [3.63, 3.8) is 0 Å². The average molecular weight is 299 g/mol. The van der Waals surface area contributed by atoms with Gasteiger partial charge in [-0.1, -0.05) is 6.92 Å². The van der Waals surface area contributed by atoms with Gasteiger partial charge in [-0.25, -0.2) is 9.97 Å². The van der Waals surface area contributed by atoms with Crippen molar-refractivity contribution in [2.45, 2.75) is 44.8 Å². The molecule has 0 radical (unpaired) electrons. The van der Waals surface area contributed by atoms with Gasteiger partial charge in [-0.15, -0.1) is 0 Å². The quantitative estimate of drug-likeness (QED) is 0.873. The third kappa shape index (κ3) is 2.15. The molecule has 2 unspecified atom stereocenters. The monoisotopic (exact) mass is 299 g/mol. The Kier molecular flexibility index (Phi) is 3.62. The fourth-order valence-electron chi connectivity index (χ4n) is 4.18. The van der Waals surface area contributed by atoms with Crippen molar-refractivity contribution in [2.24, 2.45) is 0 Å². The van der Waals surface area contributed by atoms with Crippen LogP contribution in [-0.2, 0) is 0 Å². The van der Waals surface area contributed by atoms with Crippen molar-refractivity contribution in [3.05, 3.63) is 24.2 Å². The summed E-state index contributed by atoms with van der Waals surface area (Å²) in [7, 11) is 2.22. The molecular weight excluding hydrogens is 274 g/mol. The minimum atomic E-state index is 0.425. The molecule has 2 fully saturated rings. The highest BCUT2D eigenvalue weighted by atomic mass is 15.4. The van der Waals surface area contributed by atoms with Gasteiger partial charge in [0.2, 0.25) is 0 Å². The van der Waals surface area contributed by atoms with Crippen LogP contribution in [0.3, 0.4) is 0 Å². The first-order valence-corrected chi connectivity index (χ1v) is 8.56. The van der Waals surface area contributed by atoms with Crippen molar-refractivity contribution in [3.8, 4) is 0 Å². The lowest BCUT2D eigenvalue weighted by Crippen LogP contribution is -2.30. The smallest absolute Gasteiger partial charge is 0.161 e. The predicted octanol–water partition coefficient (Wildman–Crippen LogP) is 2.81. The Hall–Kier alpha value is -1.46. The molecule has 118 valence electrons. The van der Waals surface area contributed by atoms with E-state index in [2.05, 4.69) is 39.4 Å². The van der Waals surface area contributed by atoms with Crippen LogP contribution in [0.2, 0.25) is 0 Å². The van der Waals surface area contributed by atoms with Gasteiger partial charge in [0.25, 0.3) is 0 Å². The van der Waals surface area contributed by atoms with Crippen molar-refractivity contribution < 1.29 is 0 Å². The maximum absolute atomic E-state index is 4.99. The summed E-state index contributed by atoms with van der Waals surface area (Å²) >= 11 is 0. The zero-order chi connectivity index (χ0) is 15.1. The summed E-state index contributed by atoms with van der Waals surface area (Å²) in [5, 5.41) is 0. The van der Waals surface area contributed by atoms with E-state index >= 15 is 0 Å². The van der Waals surface area contributed by atoms with Crippen LogP contribution in [0.15, 0.2) is 18.3 Å². The van der Waals surface area contributed by atoms with E-state index < -0.39 is 0 Å². The minimum Gasteiger partial charge on any atom is -0.297 e. The van der Waals surface area contributed by atoms with Crippen molar-refractivity contribution in [2.75, 3.05) is 26.7 Å². The fourth-order valence-corrected chi connectivity index (χ4v) is 4.18. The van der Waals surface area contributed by atoms with E-state index in [4.69, 9.17) is 4.98 Å². The summed E-state index contributed by atoms with van der Waals surface area (Å²) < 4.78 is 2.44. The lowest BCUT2D eigenvalue weighted by atomic mass is 10.2. The highest BCUT2D eigenvalue weighted by molar-refractivity contribution is 5.71. The number of hydrogen-bond donors (Lipinski definition) is 0. The third-order valence-corrected chi connectivity index (χ3v) is 5.33. The molecule has 4 heterocycles. The number of fused-ring (bicyclic) bond motifs is 1. The molecule has 5 nitrogen and oxygen atoms in total. The number of likely N-dealkylation sites (tertiary alicyclic amines) is 2. The van der Waals surface area contributed by atoms with Crippen LogP contribution in [0.5, 0.6) is 0 Å². The standard InChI is InChI=1S/C17H25N5/c1-3-21-12-6-9-15(21)22-16-13(7-4-10-18-16)19-17(22)14-8-5-11-20(14)2/h4,7,10,14-15H,3,5-6,8-9,11-12H2,1-2H3. The molecule has 0 N–H and O–H groups in total. The summed E-state index contributed by atoms with van der Waals surface area (Å²) in [4.78, 5) is 14.7. The zero-order valence-corrected chi connectivity index (χ0v) is 13.6. The zero-order valence-electron chi connectivity index (χ0n) is 13.6. The van der Waals surface area contributed by atoms with Crippen LogP contribution in [0, 0.1) is 0 Å². The summed E-state index contributed by atoms with van der Waals surface area (Å²) in [6.07, 6.45) is 7.27. The number of hydrogen-bond acceptors (Lipinski definition) is 4. The second kappa shape index (κ2) is 5.63. The molecule has 0 aromatic carbocycles. The van der Waals surface area contributed by atoms with Gasteiger partial charge in [0, 0.05) is 12.7 Å². The normalized spacial score (nSPS) is 27.2. The maximum Gasteiger partial charge on any atom is 0.161 e. The lowest BCUT2D eigenvalue weighted by molar-refractivity contribution is 0.192. The summed E-state index contributed by atoms with van der Waals surface area (Å²) in [6.45, 7) is 5.71. The van der Waals surface area contributed by atoms with Gasteiger partial charge in [-0.3, -0.25) is 14.4 Å². The summed E-state index contributed by atoms with van der Waals surface area (Å²) in [5.41, 5.74) is 2.10. The molecule has 4 rings (SSSR count).